The van der Waals surface area contributed by atoms with Gasteiger partial charge in [-0.3, -0.25) is 0 Å². The van der Waals surface area contributed by atoms with Crippen molar-refractivity contribution in [1.82, 2.24) is 4.98 Å². The summed E-state index contributed by atoms with van der Waals surface area (Å²) in [5.74, 6) is -2.67. The summed E-state index contributed by atoms with van der Waals surface area (Å²) < 4.78 is 40.0. The van der Waals surface area contributed by atoms with E-state index in [0.717, 1.165) is 6.07 Å². The Labute approximate surface area is 112 Å². The fraction of sp³-hybridized carbons (Fsp3) is 0.0833. The molecular weight excluding hydrogens is 279 g/mol. The van der Waals surface area contributed by atoms with Crippen LogP contribution in [0.15, 0.2) is 24.3 Å². The Bertz CT molecular complexity index is 619. The molecule has 7 heteroatoms. The lowest BCUT2D eigenvalue weighted by Crippen LogP contribution is -2.03. The normalized spacial score (nSPS) is 10.4. The summed E-state index contributed by atoms with van der Waals surface area (Å²) in [6, 6.07) is 4.55. The molecule has 1 heterocycles. The van der Waals surface area contributed by atoms with E-state index in [1.165, 1.54) is 19.2 Å². The van der Waals surface area contributed by atoms with E-state index in [1.807, 2.05) is 0 Å². The monoisotopic (exact) mass is 287 g/mol. The van der Waals surface area contributed by atoms with Gasteiger partial charge in [-0.1, -0.05) is 11.6 Å². The largest absolute Gasteiger partial charge is 0.371 e. The second-order valence-corrected chi connectivity index (χ2v) is 4.06. The molecule has 0 radical (unpaired) electrons. The number of rotatable bonds is 3. The average molecular weight is 288 g/mol. The van der Waals surface area contributed by atoms with Gasteiger partial charge in [-0.05, 0) is 18.2 Å². The standard InChI is InChI=1S/C12H9ClF3N3/c1-17-11-9(15)5-10(16)12(19-11)18-6-2-3-7(13)8(14)4-6/h2-5H,1H3,(H2,17,18,19). The number of aromatic nitrogens is 1. The number of pyridine rings is 1. The highest BCUT2D eigenvalue weighted by Crippen LogP contribution is 2.24. The minimum atomic E-state index is -0.883. The minimum Gasteiger partial charge on any atom is -0.371 e. The average Bonchev–Trinajstić information content (AvgIpc) is 2.37. The van der Waals surface area contributed by atoms with Crippen molar-refractivity contribution in [1.29, 1.82) is 0 Å². The molecule has 0 bridgehead atoms. The van der Waals surface area contributed by atoms with E-state index < -0.39 is 17.5 Å². The second kappa shape index (κ2) is 5.36. The highest BCUT2D eigenvalue weighted by Gasteiger charge is 2.11. The van der Waals surface area contributed by atoms with Crippen LogP contribution in [0.2, 0.25) is 5.02 Å². The molecule has 0 spiro atoms. The third kappa shape index (κ3) is 2.90. The number of benzene rings is 1. The van der Waals surface area contributed by atoms with Gasteiger partial charge in [-0.2, -0.15) is 0 Å². The predicted octanol–water partition coefficient (Wildman–Crippen LogP) is 3.94. The van der Waals surface area contributed by atoms with E-state index in [1.54, 1.807) is 0 Å². The van der Waals surface area contributed by atoms with Crippen LogP contribution >= 0.6 is 11.6 Å². The molecule has 100 valence electrons. The van der Waals surface area contributed by atoms with Crippen molar-refractivity contribution in [3.63, 3.8) is 0 Å². The quantitative estimate of drug-likeness (QED) is 0.898. The van der Waals surface area contributed by atoms with Gasteiger partial charge in [0.2, 0.25) is 0 Å². The van der Waals surface area contributed by atoms with Crippen LogP contribution in [0.5, 0.6) is 0 Å². The van der Waals surface area contributed by atoms with Crippen LogP contribution in [0, 0.1) is 17.5 Å². The molecule has 0 amide bonds. The van der Waals surface area contributed by atoms with Crippen molar-refractivity contribution in [3.8, 4) is 0 Å². The van der Waals surface area contributed by atoms with Crippen LogP contribution in [0.4, 0.5) is 30.5 Å². The number of hydrogen-bond donors (Lipinski definition) is 2. The Morgan fingerprint density at radius 3 is 2.32 bits per heavy atom. The molecular formula is C12H9ClF3N3. The maximum absolute atomic E-state index is 13.5. The fourth-order valence-corrected chi connectivity index (χ4v) is 1.56. The Morgan fingerprint density at radius 2 is 1.68 bits per heavy atom. The van der Waals surface area contributed by atoms with E-state index in [4.69, 9.17) is 11.6 Å². The van der Waals surface area contributed by atoms with E-state index in [9.17, 15) is 13.2 Å². The number of anilines is 3. The molecule has 0 saturated carbocycles. The van der Waals surface area contributed by atoms with Crippen molar-refractivity contribution >= 4 is 28.9 Å². The van der Waals surface area contributed by atoms with Gasteiger partial charge in [-0.25, -0.2) is 18.2 Å². The van der Waals surface area contributed by atoms with Gasteiger partial charge in [0.05, 0.1) is 5.02 Å². The molecule has 1 aromatic carbocycles. The first-order chi connectivity index (χ1) is 9.01. The van der Waals surface area contributed by atoms with Gasteiger partial charge in [0.25, 0.3) is 0 Å². The summed E-state index contributed by atoms with van der Waals surface area (Å²) >= 11 is 5.53. The zero-order valence-corrected chi connectivity index (χ0v) is 10.5. The van der Waals surface area contributed by atoms with Crippen LogP contribution in [0.1, 0.15) is 0 Å². The van der Waals surface area contributed by atoms with Gasteiger partial charge >= 0.3 is 0 Å². The van der Waals surface area contributed by atoms with Crippen molar-refractivity contribution in [2.45, 2.75) is 0 Å². The zero-order valence-electron chi connectivity index (χ0n) is 9.77. The topological polar surface area (TPSA) is 37.0 Å². The first-order valence-corrected chi connectivity index (χ1v) is 5.65. The molecule has 1 aromatic heterocycles. The Hall–Kier alpha value is -1.95. The Morgan fingerprint density at radius 1 is 1.00 bits per heavy atom. The summed E-state index contributed by atoms with van der Waals surface area (Å²) in [5, 5.41) is 4.98. The molecule has 0 fully saturated rings. The second-order valence-electron chi connectivity index (χ2n) is 3.65. The molecule has 2 aromatic rings. The number of nitrogens with zero attached hydrogens (tertiary/aromatic N) is 1. The maximum Gasteiger partial charge on any atom is 0.169 e. The Kier molecular flexibility index (Phi) is 3.80. The first-order valence-electron chi connectivity index (χ1n) is 5.27. The minimum absolute atomic E-state index is 0.0472. The zero-order chi connectivity index (χ0) is 14.0. The summed E-state index contributed by atoms with van der Waals surface area (Å²) in [5.41, 5.74) is 0.252. The van der Waals surface area contributed by atoms with Crippen LogP contribution < -0.4 is 10.6 Å². The highest BCUT2D eigenvalue weighted by atomic mass is 35.5. The van der Waals surface area contributed by atoms with Crippen LogP contribution in [0.25, 0.3) is 0 Å². The van der Waals surface area contributed by atoms with Gasteiger partial charge in [0.1, 0.15) is 5.82 Å². The third-order valence-corrected chi connectivity index (χ3v) is 2.66. The maximum atomic E-state index is 13.5. The molecule has 0 aliphatic heterocycles. The summed E-state index contributed by atoms with van der Waals surface area (Å²) in [6.45, 7) is 0. The molecule has 0 atom stereocenters. The molecule has 2 rings (SSSR count). The number of hydrogen-bond acceptors (Lipinski definition) is 3. The van der Waals surface area contributed by atoms with E-state index in [2.05, 4.69) is 15.6 Å². The van der Waals surface area contributed by atoms with Crippen molar-refractivity contribution in [2.24, 2.45) is 0 Å². The lowest BCUT2D eigenvalue weighted by atomic mass is 10.3. The van der Waals surface area contributed by atoms with Gasteiger partial charge in [0, 0.05) is 18.8 Å². The molecule has 0 aliphatic carbocycles. The van der Waals surface area contributed by atoms with Gasteiger partial charge in [-0.15, -0.1) is 0 Å². The molecule has 2 N–H and O–H groups in total. The number of halogens is 4. The Balaban J connectivity index is 2.34. The summed E-state index contributed by atoms with van der Waals surface area (Å²) in [4.78, 5) is 3.71. The molecule has 0 saturated heterocycles. The van der Waals surface area contributed by atoms with E-state index in [-0.39, 0.29) is 22.3 Å². The predicted molar refractivity (Wildman–Crippen MR) is 68.4 cm³/mol. The SMILES string of the molecule is CNc1nc(Nc2ccc(Cl)c(F)c2)c(F)cc1F. The van der Waals surface area contributed by atoms with Crippen LogP contribution in [0.3, 0.4) is 0 Å². The summed E-state index contributed by atoms with van der Waals surface area (Å²) in [7, 11) is 1.45. The van der Waals surface area contributed by atoms with E-state index >= 15 is 0 Å². The van der Waals surface area contributed by atoms with Crippen molar-refractivity contribution in [3.05, 3.63) is 46.7 Å². The molecule has 19 heavy (non-hydrogen) atoms. The van der Waals surface area contributed by atoms with Gasteiger partial charge in [0.15, 0.2) is 23.3 Å². The lowest BCUT2D eigenvalue weighted by Gasteiger charge is -2.09. The smallest absolute Gasteiger partial charge is 0.169 e. The van der Waals surface area contributed by atoms with Gasteiger partial charge < -0.3 is 10.6 Å². The molecule has 0 unspecified atom stereocenters. The lowest BCUT2D eigenvalue weighted by molar-refractivity contribution is 0.580. The highest BCUT2D eigenvalue weighted by molar-refractivity contribution is 6.30. The van der Waals surface area contributed by atoms with Crippen LogP contribution in [-0.4, -0.2) is 12.0 Å². The van der Waals surface area contributed by atoms with E-state index in [0.29, 0.717) is 6.07 Å². The fourth-order valence-electron chi connectivity index (χ4n) is 1.44. The summed E-state index contributed by atoms with van der Waals surface area (Å²) in [6.07, 6.45) is 0. The molecule has 3 nitrogen and oxygen atoms in total. The number of nitrogens with one attached hydrogen (secondary N) is 2. The van der Waals surface area contributed by atoms with Crippen LogP contribution in [-0.2, 0) is 0 Å². The third-order valence-electron chi connectivity index (χ3n) is 2.35. The van der Waals surface area contributed by atoms with Crippen molar-refractivity contribution in [2.75, 3.05) is 17.7 Å². The first kappa shape index (κ1) is 13.5. The molecule has 0 aliphatic rings. The van der Waals surface area contributed by atoms with Crippen molar-refractivity contribution < 1.29 is 13.2 Å².